The third-order valence-electron chi connectivity index (χ3n) is 0.744. The molecular weight excluding hydrogens is 140 g/mol. The van der Waals surface area contributed by atoms with Crippen LogP contribution in [-0.4, -0.2) is 17.5 Å². The van der Waals surface area contributed by atoms with E-state index in [9.17, 15) is 4.79 Å². The Bertz CT molecular complexity index is 64.1. The molecule has 0 spiro atoms. The summed E-state index contributed by atoms with van der Waals surface area (Å²) in [6.07, 6.45) is 3.55. The summed E-state index contributed by atoms with van der Waals surface area (Å²) in [4.78, 5) is 9.76. The van der Waals surface area contributed by atoms with Crippen LogP contribution in [0.1, 0.15) is 26.2 Å². The highest BCUT2D eigenvalue weighted by atomic mass is 35.5. The van der Waals surface area contributed by atoms with Crippen LogP contribution in [0.25, 0.3) is 0 Å². The van der Waals surface area contributed by atoms with Crippen LogP contribution in [0.3, 0.4) is 0 Å². The van der Waals surface area contributed by atoms with Crippen molar-refractivity contribution in [2.75, 3.05) is 6.38 Å². The van der Waals surface area contributed by atoms with Gasteiger partial charge in [0.25, 0.3) is 0 Å². The lowest BCUT2D eigenvalue weighted by atomic mass is 10.3. The number of aliphatic carboxylic acids is 1. The Balaban J connectivity index is 0. The predicted molar refractivity (Wildman–Crippen MR) is 38.9 cm³/mol. The molecule has 3 heteroatoms. The SMILES string of the molecule is CCCCC(=O)O.CCl. The van der Waals surface area contributed by atoms with Crippen molar-refractivity contribution in [1.29, 1.82) is 0 Å². The van der Waals surface area contributed by atoms with Gasteiger partial charge in [-0.1, -0.05) is 13.3 Å². The third kappa shape index (κ3) is 18.2. The zero-order valence-corrected chi connectivity index (χ0v) is 6.61. The van der Waals surface area contributed by atoms with E-state index in [1.54, 1.807) is 0 Å². The van der Waals surface area contributed by atoms with Crippen LogP contribution in [0, 0.1) is 0 Å². The fraction of sp³-hybridized carbons (Fsp3) is 0.833. The second-order valence-corrected chi connectivity index (χ2v) is 1.50. The summed E-state index contributed by atoms with van der Waals surface area (Å²) in [6, 6.07) is 0. The molecule has 1 N–H and O–H groups in total. The zero-order chi connectivity index (χ0) is 7.70. The van der Waals surface area contributed by atoms with Gasteiger partial charge in [-0.2, -0.15) is 0 Å². The molecule has 0 aromatic rings. The first kappa shape index (κ1) is 11.5. The molecule has 0 aliphatic carbocycles. The van der Waals surface area contributed by atoms with Gasteiger partial charge in [0.15, 0.2) is 0 Å². The molecule has 0 bridgehead atoms. The van der Waals surface area contributed by atoms with Gasteiger partial charge in [-0.15, -0.1) is 11.6 Å². The molecule has 0 unspecified atom stereocenters. The van der Waals surface area contributed by atoms with E-state index in [2.05, 4.69) is 11.6 Å². The maximum Gasteiger partial charge on any atom is 0.303 e. The van der Waals surface area contributed by atoms with Gasteiger partial charge in [0.05, 0.1) is 0 Å². The van der Waals surface area contributed by atoms with Crippen molar-refractivity contribution in [1.82, 2.24) is 0 Å². The molecule has 0 aromatic carbocycles. The Hall–Kier alpha value is -0.240. The molecule has 2 nitrogen and oxygen atoms in total. The molecule has 0 aliphatic heterocycles. The number of hydrogen-bond acceptors (Lipinski definition) is 1. The second kappa shape index (κ2) is 10.7. The maximum atomic E-state index is 9.76. The first-order chi connectivity index (χ1) is 4.27. The highest BCUT2D eigenvalue weighted by Crippen LogP contribution is 1.91. The number of hydrogen-bond donors (Lipinski definition) is 1. The molecule has 0 aromatic heterocycles. The molecule has 0 fully saturated rings. The average molecular weight is 153 g/mol. The average Bonchev–Trinajstić information content (AvgIpc) is 1.88. The number of unbranched alkanes of at least 4 members (excludes halogenated alkanes) is 1. The molecule has 0 amide bonds. The monoisotopic (exact) mass is 152 g/mol. The normalized spacial score (nSPS) is 7.44. The standard InChI is InChI=1S/C5H10O2.CH3Cl/c1-2-3-4-5(6)7;1-2/h2-4H2,1H3,(H,6,7);1H3. The number of carbonyl (C=O) groups is 1. The van der Waals surface area contributed by atoms with Crippen LogP contribution in [0.15, 0.2) is 0 Å². The molecule has 0 heterocycles. The van der Waals surface area contributed by atoms with Crippen molar-refractivity contribution in [3.8, 4) is 0 Å². The zero-order valence-electron chi connectivity index (χ0n) is 5.85. The largest absolute Gasteiger partial charge is 0.481 e. The summed E-state index contributed by atoms with van der Waals surface area (Å²) in [5.74, 6) is -0.693. The first-order valence-electron chi connectivity index (χ1n) is 2.87. The van der Waals surface area contributed by atoms with Crippen molar-refractivity contribution >= 4 is 17.6 Å². The summed E-state index contributed by atoms with van der Waals surface area (Å²) in [5.41, 5.74) is 0. The Labute approximate surface area is 60.8 Å². The van der Waals surface area contributed by atoms with Crippen molar-refractivity contribution in [3.05, 3.63) is 0 Å². The Kier molecular flexibility index (Phi) is 13.7. The van der Waals surface area contributed by atoms with E-state index >= 15 is 0 Å². The van der Waals surface area contributed by atoms with E-state index in [1.807, 2.05) is 6.92 Å². The van der Waals surface area contributed by atoms with E-state index in [-0.39, 0.29) is 0 Å². The van der Waals surface area contributed by atoms with Crippen LogP contribution in [0.4, 0.5) is 0 Å². The lowest BCUT2D eigenvalue weighted by Crippen LogP contribution is -1.91. The summed E-state index contributed by atoms with van der Waals surface area (Å²) < 4.78 is 0. The van der Waals surface area contributed by atoms with Gasteiger partial charge in [-0.25, -0.2) is 0 Å². The maximum absolute atomic E-state index is 9.76. The van der Waals surface area contributed by atoms with Crippen LogP contribution in [-0.2, 0) is 4.79 Å². The predicted octanol–water partition coefficient (Wildman–Crippen LogP) is 2.12. The fourth-order valence-electron chi connectivity index (χ4n) is 0.328. The van der Waals surface area contributed by atoms with Gasteiger partial charge in [0.2, 0.25) is 0 Å². The molecular formula is C6H13ClO2. The van der Waals surface area contributed by atoms with E-state index in [1.165, 1.54) is 6.38 Å². The molecule has 0 saturated carbocycles. The lowest BCUT2D eigenvalue weighted by Gasteiger charge is -1.85. The minimum atomic E-state index is -0.693. The molecule has 0 atom stereocenters. The minimum absolute atomic E-state index is 0.316. The Morgan fingerprint density at radius 2 is 2.00 bits per heavy atom. The molecule has 9 heavy (non-hydrogen) atoms. The van der Waals surface area contributed by atoms with Crippen molar-refractivity contribution in [2.45, 2.75) is 26.2 Å². The van der Waals surface area contributed by atoms with Crippen molar-refractivity contribution in [2.24, 2.45) is 0 Å². The highest BCUT2D eigenvalue weighted by Gasteiger charge is 1.90. The Morgan fingerprint density at radius 1 is 1.56 bits per heavy atom. The van der Waals surface area contributed by atoms with E-state index in [4.69, 9.17) is 5.11 Å². The van der Waals surface area contributed by atoms with Crippen molar-refractivity contribution < 1.29 is 9.90 Å². The third-order valence-corrected chi connectivity index (χ3v) is 0.744. The van der Waals surface area contributed by atoms with Gasteiger partial charge < -0.3 is 5.11 Å². The van der Waals surface area contributed by atoms with E-state index in [0.29, 0.717) is 6.42 Å². The number of alkyl halides is 1. The molecule has 0 rings (SSSR count). The van der Waals surface area contributed by atoms with Crippen LogP contribution >= 0.6 is 11.6 Å². The van der Waals surface area contributed by atoms with Gasteiger partial charge in [0, 0.05) is 12.8 Å². The smallest absolute Gasteiger partial charge is 0.303 e. The summed E-state index contributed by atoms with van der Waals surface area (Å²) in [5, 5.41) is 8.04. The van der Waals surface area contributed by atoms with Crippen LogP contribution in [0.2, 0.25) is 0 Å². The minimum Gasteiger partial charge on any atom is -0.481 e. The van der Waals surface area contributed by atoms with Crippen LogP contribution in [0.5, 0.6) is 0 Å². The summed E-state index contributed by atoms with van der Waals surface area (Å²) in [7, 11) is 0. The van der Waals surface area contributed by atoms with Gasteiger partial charge in [-0.05, 0) is 6.42 Å². The van der Waals surface area contributed by atoms with Crippen molar-refractivity contribution in [3.63, 3.8) is 0 Å². The second-order valence-electron chi connectivity index (χ2n) is 1.50. The van der Waals surface area contributed by atoms with Gasteiger partial charge in [0.1, 0.15) is 0 Å². The number of carboxylic acids is 1. The first-order valence-corrected chi connectivity index (χ1v) is 3.62. The molecule has 0 radical (unpaired) electrons. The topological polar surface area (TPSA) is 37.3 Å². The summed E-state index contributed by atoms with van der Waals surface area (Å²) >= 11 is 4.64. The van der Waals surface area contributed by atoms with E-state index in [0.717, 1.165) is 12.8 Å². The molecule has 0 saturated heterocycles. The van der Waals surface area contributed by atoms with Gasteiger partial charge >= 0.3 is 5.97 Å². The van der Waals surface area contributed by atoms with Gasteiger partial charge in [-0.3, -0.25) is 4.79 Å². The van der Waals surface area contributed by atoms with E-state index < -0.39 is 5.97 Å². The number of rotatable bonds is 3. The Morgan fingerprint density at radius 3 is 2.11 bits per heavy atom. The molecule has 56 valence electrons. The fourth-order valence-corrected chi connectivity index (χ4v) is 0.328. The van der Waals surface area contributed by atoms with Crippen LogP contribution < -0.4 is 0 Å². The number of halogens is 1. The summed E-state index contributed by atoms with van der Waals surface area (Å²) in [6.45, 7) is 1.98. The molecule has 0 aliphatic rings. The number of carboxylic acid groups (broad SMARTS) is 1. The lowest BCUT2D eigenvalue weighted by molar-refractivity contribution is -0.137. The highest BCUT2D eigenvalue weighted by molar-refractivity contribution is 6.15. The quantitative estimate of drug-likeness (QED) is 0.629.